The van der Waals surface area contributed by atoms with E-state index in [9.17, 15) is 4.79 Å². The Morgan fingerprint density at radius 1 is 1.00 bits per heavy atom. The van der Waals surface area contributed by atoms with Crippen LogP contribution in [0.25, 0.3) is 10.2 Å². The molecule has 3 rings (SSSR count). The van der Waals surface area contributed by atoms with Crippen LogP contribution in [-0.4, -0.2) is 55.2 Å². The molecule has 0 saturated carbocycles. The standard InChI is InChI=1S/C24H30ClN3O3S/c1-5-27(6-2)14-15-28(24-26-23-17(4)20(25)12-13-21(23)32-24)22(29)16-31-19-10-8-18(9-11-19)30-7-3/h8-13H,5-7,14-16H2,1-4H3. The zero-order valence-corrected chi connectivity index (χ0v) is 20.6. The number of aryl methyl sites for hydroxylation is 1. The number of thiazole rings is 1. The van der Waals surface area contributed by atoms with Gasteiger partial charge in [-0.3, -0.25) is 9.69 Å². The van der Waals surface area contributed by atoms with Gasteiger partial charge in [-0.2, -0.15) is 0 Å². The van der Waals surface area contributed by atoms with Crippen LogP contribution in [0.4, 0.5) is 5.13 Å². The van der Waals surface area contributed by atoms with E-state index in [1.807, 2.05) is 50.2 Å². The maximum atomic E-state index is 13.2. The van der Waals surface area contributed by atoms with Gasteiger partial charge in [0.05, 0.1) is 16.8 Å². The molecule has 0 unspecified atom stereocenters. The Hall–Kier alpha value is -2.35. The number of hydrogen-bond donors (Lipinski definition) is 0. The third kappa shape index (κ3) is 5.91. The van der Waals surface area contributed by atoms with Crippen molar-refractivity contribution in [1.29, 1.82) is 0 Å². The van der Waals surface area contributed by atoms with Crippen molar-refractivity contribution in [3.8, 4) is 11.5 Å². The van der Waals surface area contributed by atoms with Gasteiger partial charge in [-0.1, -0.05) is 36.8 Å². The molecule has 3 aromatic rings. The lowest BCUT2D eigenvalue weighted by Crippen LogP contribution is -2.41. The van der Waals surface area contributed by atoms with E-state index in [-0.39, 0.29) is 12.5 Å². The predicted molar refractivity (Wildman–Crippen MR) is 133 cm³/mol. The molecule has 6 nitrogen and oxygen atoms in total. The lowest BCUT2D eigenvalue weighted by Gasteiger charge is -2.24. The molecule has 0 aliphatic rings. The zero-order chi connectivity index (χ0) is 23.1. The summed E-state index contributed by atoms with van der Waals surface area (Å²) < 4.78 is 12.2. The summed E-state index contributed by atoms with van der Waals surface area (Å²) in [6.45, 7) is 11.8. The summed E-state index contributed by atoms with van der Waals surface area (Å²) >= 11 is 7.77. The van der Waals surface area contributed by atoms with E-state index < -0.39 is 0 Å². The first-order chi connectivity index (χ1) is 15.5. The third-order valence-electron chi connectivity index (χ3n) is 5.30. The second kappa shape index (κ2) is 11.5. The van der Waals surface area contributed by atoms with E-state index in [1.165, 1.54) is 11.3 Å². The summed E-state index contributed by atoms with van der Waals surface area (Å²) in [6.07, 6.45) is 0. The highest BCUT2D eigenvalue weighted by Crippen LogP contribution is 2.33. The number of ether oxygens (including phenoxy) is 2. The molecule has 32 heavy (non-hydrogen) atoms. The largest absolute Gasteiger partial charge is 0.494 e. The number of nitrogens with zero attached hydrogens (tertiary/aromatic N) is 3. The summed E-state index contributed by atoms with van der Waals surface area (Å²) in [6, 6.07) is 11.1. The molecule has 1 aromatic heterocycles. The number of rotatable bonds is 11. The van der Waals surface area contributed by atoms with E-state index in [4.69, 9.17) is 26.1 Å². The fourth-order valence-electron chi connectivity index (χ4n) is 3.33. The smallest absolute Gasteiger partial charge is 0.266 e. The minimum atomic E-state index is -0.131. The SMILES string of the molecule is CCOc1ccc(OCC(=O)N(CCN(CC)CC)c2nc3c(C)c(Cl)ccc3s2)cc1. The van der Waals surface area contributed by atoms with Crippen molar-refractivity contribution in [3.05, 3.63) is 47.0 Å². The van der Waals surface area contributed by atoms with Gasteiger partial charge in [-0.05, 0) is 68.9 Å². The number of carbonyl (C=O) groups excluding carboxylic acids is 1. The summed E-state index contributed by atoms with van der Waals surface area (Å²) in [4.78, 5) is 22.0. The molecule has 0 saturated heterocycles. The van der Waals surface area contributed by atoms with Crippen LogP contribution in [0.1, 0.15) is 26.3 Å². The average molecular weight is 476 g/mol. The highest BCUT2D eigenvalue weighted by Gasteiger charge is 2.22. The molecule has 0 fully saturated rings. The van der Waals surface area contributed by atoms with Crippen molar-refractivity contribution >= 4 is 44.2 Å². The van der Waals surface area contributed by atoms with E-state index in [0.717, 1.165) is 41.2 Å². The van der Waals surface area contributed by atoms with Crippen molar-refractivity contribution in [2.75, 3.05) is 44.3 Å². The van der Waals surface area contributed by atoms with Crippen LogP contribution in [0.3, 0.4) is 0 Å². The van der Waals surface area contributed by atoms with Crippen LogP contribution in [0.15, 0.2) is 36.4 Å². The normalized spacial score (nSPS) is 11.2. The Kier molecular flexibility index (Phi) is 8.73. The number of amides is 1. The molecule has 2 aromatic carbocycles. The zero-order valence-electron chi connectivity index (χ0n) is 19.1. The highest BCUT2D eigenvalue weighted by molar-refractivity contribution is 7.22. The summed E-state index contributed by atoms with van der Waals surface area (Å²) in [7, 11) is 0. The summed E-state index contributed by atoms with van der Waals surface area (Å²) in [5.41, 5.74) is 1.76. The van der Waals surface area contributed by atoms with Crippen molar-refractivity contribution in [3.63, 3.8) is 0 Å². The van der Waals surface area contributed by atoms with Gasteiger partial charge < -0.3 is 14.4 Å². The van der Waals surface area contributed by atoms with Crippen molar-refractivity contribution in [2.24, 2.45) is 0 Å². The predicted octanol–water partition coefficient (Wildman–Crippen LogP) is 5.41. The Labute approximate surface area is 198 Å². The number of likely N-dealkylation sites (N-methyl/N-ethyl adjacent to an activating group) is 1. The van der Waals surface area contributed by atoms with Gasteiger partial charge in [0.1, 0.15) is 11.5 Å². The second-order valence-electron chi connectivity index (χ2n) is 7.28. The van der Waals surface area contributed by atoms with E-state index >= 15 is 0 Å². The van der Waals surface area contributed by atoms with E-state index in [0.29, 0.717) is 29.1 Å². The molecule has 0 bridgehead atoms. The van der Waals surface area contributed by atoms with Crippen LogP contribution in [-0.2, 0) is 4.79 Å². The molecule has 0 N–H and O–H groups in total. The molecule has 8 heteroatoms. The Morgan fingerprint density at radius 2 is 1.66 bits per heavy atom. The third-order valence-corrected chi connectivity index (χ3v) is 6.75. The Morgan fingerprint density at radius 3 is 2.28 bits per heavy atom. The molecule has 172 valence electrons. The first-order valence-corrected chi connectivity index (χ1v) is 12.1. The van der Waals surface area contributed by atoms with E-state index in [1.54, 1.807) is 4.90 Å². The summed E-state index contributed by atoms with van der Waals surface area (Å²) in [5.74, 6) is 1.27. The quantitative estimate of drug-likeness (QED) is 0.371. The van der Waals surface area contributed by atoms with Crippen molar-refractivity contribution in [1.82, 2.24) is 9.88 Å². The molecular formula is C24H30ClN3O3S. The molecular weight excluding hydrogens is 446 g/mol. The first-order valence-electron chi connectivity index (χ1n) is 10.9. The number of anilines is 1. The van der Waals surface area contributed by atoms with Crippen LogP contribution in [0, 0.1) is 6.92 Å². The molecule has 0 aliphatic carbocycles. The lowest BCUT2D eigenvalue weighted by atomic mass is 10.2. The lowest BCUT2D eigenvalue weighted by molar-refractivity contribution is -0.120. The molecule has 0 spiro atoms. The van der Waals surface area contributed by atoms with Crippen LogP contribution >= 0.6 is 22.9 Å². The van der Waals surface area contributed by atoms with E-state index in [2.05, 4.69) is 18.7 Å². The van der Waals surface area contributed by atoms with Gasteiger partial charge in [0, 0.05) is 18.1 Å². The molecule has 1 amide bonds. The average Bonchev–Trinajstić information content (AvgIpc) is 3.23. The molecule has 0 atom stereocenters. The van der Waals surface area contributed by atoms with Gasteiger partial charge in [0.15, 0.2) is 11.7 Å². The topological polar surface area (TPSA) is 54.9 Å². The van der Waals surface area contributed by atoms with Crippen molar-refractivity contribution in [2.45, 2.75) is 27.7 Å². The van der Waals surface area contributed by atoms with Gasteiger partial charge >= 0.3 is 0 Å². The monoisotopic (exact) mass is 475 g/mol. The number of halogens is 1. The highest BCUT2D eigenvalue weighted by atomic mass is 35.5. The van der Waals surface area contributed by atoms with Gasteiger partial charge in [0.2, 0.25) is 0 Å². The maximum Gasteiger partial charge on any atom is 0.266 e. The minimum Gasteiger partial charge on any atom is -0.494 e. The maximum absolute atomic E-state index is 13.2. The molecule has 0 aliphatic heterocycles. The molecule has 1 heterocycles. The van der Waals surface area contributed by atoms with Crippen LogP contribution in [0.2, 0.25) is 5.02 Å². The Bertz CT molecular complexity index is 1030. The van der Waals surface area contributed by atoms with Crippen molar-refractivity contribution < 1.29 is 14.3 Å². The van der Waals surface area contributed by atoms with Gasteiger partial charge in [-0.15, -0.1) is 0 Å². The minimum absolute atomic E-state index is 0.0676. The fraction of sp³-hybridized carbons (Fsp3) is 0.417. The number of hydrogen-bond acceptors (Lipinski definition) is 6. The number of aromatic nitrogens is 1. The van der Waals surface area contributed by atoms with Crippen LogP contribution in [0.5, 0.6) is 11.5 Å². The number of benzene rings is 2. The first kappa shape index (κ1) is 24.3. The number of carbonyl (C=O) groups is 1. The molecule has 0 radical (unpaired) electrons. The van der Waals surface area contributed by atoms with Gasteiger partial charge in [-0.25, -0.2) is 4.98 Å². The van der Waals surface area contributed by atoms with Crippen LogP contribution < -0.4 is 14.4 Å². The number of fused-ring (bicyclic) bond motifs is 1. The summed E-state index contributed by atoms with van der Waals surface area (Å²) in [5, 5.41) is 1.34. The Balaban J connectivity index is 1.78. The fourth-order valence-corrected chi connectivity index (χ4v) is 4.56. The van der Waals surface area contributed by atoms with Gasteiger partial charge in [0.25, 0.3) is 5.91 Å². The second-order valence-corrected chi connectivity index (χ2v) is 8.70.